The molecule has 0 spiro atoms. The van der Waals surface area contributed by atoms with E-state index < -0.39 is 0 Å². The van der Waals surface area contributed by atoms with Crippen molar-refractivity contribution in [3.63, 3.8) is 0 Å². The molecule has 1 aromatic heterocycles. The average Bonchev–Trinajstić information content (AvgIpc) is 2.61. The van der Waals surface area contributed by atoms with E-state index in [9.17, 15) is 0 Å². The molecule has 3 heteroatoms. The standard InChI is InChI=1S/C10H13ClN2/c11-6-7-12-10-5-4-8-2-1-3-9(8)13-10/h4-5H,1-3,6-7H2,(H,12,13). The first kappa shape index (κ1) is 8.82. The van der Waals surface area contributed by atoms with Crippen LogP contribution < -0.4 is 5.32 Å². The highest BCUT2D eigenvalue weighted by Gasteiger charge is 2.11. The van der Waals surface area contributed by atoms with E-state index in [4.69, 9.17) is 11.6 Å². The molecule has 0 unspecified atom stereocenters. The van der Waals surface area contributed by atoms with Crippen molar-refractivity contribution in [2.45, 2.75) is 19.3 Å². The van der Waals surface area contributed by atoms with Crippen molar-refractivity contribution in [3.05, 3.63) is 23.4 Å². The van der Waals surface area contributed by atoms with Crippen LogP contribution in [0.5, 0.6) is 0 Å². The molecule has 0 bridgehead atoms. The topological polar surface area (TPSA) is 24.9 Å². The first-order chi connectivity index (χ1) is 6.40. The molecule has 0 saturated heterocycles. The summed E-state index contributed by atoms with van der Waals surface area (Å²) in [6, 6.07) is 4.21. The van der Waals surface area contributed by atoms with E-state index in [1.165, 1.54) is 24.1 Å². The fraction of sp³-hybridized carbons (Fsp3) is 0.500. The van der Waals surface area contributed by atoms with Gasteiger partial charge < -0.3 is 5.32 Å². The molecule has 2 nitrogen and oxygen atoms in total. The number of rotatable bonds is 3. The van der Waals surface area contributed by atoms with Crippen molar-refractivity contribution < 1.29 is 0 Å². The predicted molar refractivity (Wildman–Crippen MR) is 55.5 cm³/mol. The van der Waals surface area contributed by atoms with E-state index in [2.05, 4.69) is 16.4 Å². The molecule has 70 valence electrons. The maximum Gasteiger partial charge on any atom is 0.126 e. The third kappa shape index (κ3) is 1.94. The molecular formula is C10H13ClN2. The van der Waals surface area contributed by atoms with Crippen LogP contribution in [0.4, 0.5) is 5.82 Å². The Labute approximate surface area is 83.3 Å². The molecule has 13 heavy (non-hydrogen) atoms. The molecule has 0 radical (unpaired) electrons. The van der Waals surface area contributed by atoms with Crippen LogP contribution in [0.3, 0.4) is 0 Å². The summed E-state index contributed by atoms with van der Waals surface area (Å²) in [7, 11) is 0. The molecule has 1 aliphatic carbocycles. The summed E-state index contributed by atoms with van der Waals surface area (Å²) in [6.45, 7) is 0.785. The second-order valence-electron chi connectivity index (χ2n) is 3.27. The third-order valence-corrected chi connectivity index (χ3v) is 2.52. The van der Waals surface area contributed by atoms with Gasteiger partial charge in [-0.1, -0.05) is 6.07 Å². The zero-order valence-electron chi connectivity index (χ0n) is 7.52. The minimum atomic E-state index is 0.624. The van der Waals surface area contributed by atoms with Gasteiger partial charge in [-0.05, 0) is 30.9 Å². The number of hydrogen-bond acceptors (Lipinski definition) is 2. The SMILES string of the molecule is ClCCNc1ccc2c(n1)CCC2. The van der Waals surface area contributed by atoms with Gasteiger partial charge in [0, 0.05) is 18.1 Å². The summed E-state index contributed by atoms with van der Waals surface area (Å²) in [6.07, 6.45) is 3.57. The van der Waals surface area contributed by atoms with Gasteiger partial charge in [-0.25, -0.2) is 4.98 Å². The lowest BCUT2D eigenvalue weighted by molar-refractivity contribution is 0.899. The van der Waals surface area contributed by atoms with Crippen LogP contribution in [-0.4, -0.2) is 17.4 Å². The molecule has 0 aromatic carbocycles. The van der Waals surface area contributed by atoms with E-state index >= 15 is 0 Å². The van der Waals surface area contributed by atoms with Gasteiger partial charge in [-0.3, -0.25) is 0 Å². The van der Waals surface area contributed by atoms with Gasteiger partial charge in [0.1, 0.15) is 5.82 Å². The first-order valence-electron chi connectivity index (χ1n) is 4.69. The maximum atomic E-state index is 5.58. The lowest BCUT2D eigenvalue weighted by atomic mass is 10.2. The van der Waals surface area contributed by atoms with Crippen molar-refractivity contribution in [1.82, 2.24) is 4.98 Å². The number of pyridine rings is 1. The van der Waals surface area contributed by atoms with Gasteiger partial charge in [0.15, 0.2) is 0 Å². The Kier molecular flexibility index (Phi) is 2.69. The normalized spacial score (nSPS) is 14.2. The number of fused-ring (bicyclic) bond motifs is 1. The number of aromatic nitrogens is 1. The monoisotopic (exact) mass is 196 g/mol. The molecule has 1 N–H and O–H groups in total. The first-order valence-corrected chi connectivity index (χ1v) is 5.22. The smallest absolute Gasteiger partial charge is 0.126 e. The molecular weight excluding hydrogens is 184 g/mol. The van der Waals surface area contributed by atoms with E-state index in [0.717, 1.165) is 18.8 Å². The number of hydrogen-bond donors (Lipinski definition) is 1. The van der Waals surface area contributed by atoms with Crippen LogP contribution in [-0.2, 0) is 12.8 Å². The van der Waals surface area contributed by atoms with Crippen LogP contribution in [0, 0.1) is 0 Å². The summed E-state index contributed by atoms with van der Waals surface area (Å²) in [5.41, 5.74) is 2.68. The molecule has 0 amide bonds. The van der Waals surface area contributed by atoms with Crippen molar-refractivity contribution in [1.29, 1.82) is 0 Å². The van der Waals surface area contributed by atoms with Gasteiger partial charge in [0.05, 0.1) is 0 Å². The van der Waals surface area contributed by atoms with Crippen LogP contribution in [0.1, 0.15) is 17.7 Å². The molecule has 1 aromatic rings. The van der Waals surface area contributed by atoms with Crippen molar-refractivity contribution in [2.24, 2.45) is 0 Å². The number of aryl methyl sites for hydroxylation is 2. The van der Waals surface area contributed by atoms with Gasteiger partial charge >= 0.3 is 0 Å². The molecule has 1 heterocycles. The fourth-order valence-electron chi connectivity index (χ4n) is 1.69. The van der Waals surface area contributed by atoms with Crippen molar-refractivity contribution in [2.75, 3.05) is 17.7 Å². The highest BCUT2D eigenvalue weighted by Crippen LogP contribution is 2.21. The van der Waals surface area contributed by atoms with Crippen molar-refractivity contribution >= 4 is 17.4 Å². The minimum Gasteiger partial charge on any atom is -0.369 e. The second kappa shape index (κ2) is 3.97. The van der Waals surface area contributed by atoms with E-state index in [1.807, 2.05) is 6.07 Å². The highest BCUT2D eigenvalue weighted by atomic mass is 35.5. The van der Waals surface area contributed by atoms with Crippen LogP contribution in [0.2, 0.25) is 0 Å². The quantitative estimate of drug-likeness (QED) is 0.750. The molecule has 2 rings (SSSR count). The summed E-state index contributed by atoms with van der Waals surface area (Å²) in [5, 5.41) is 3.18. The zero-order valence-corrected chi connectivity index (χ0v) is 8.27. The lowest BCUT2D eigenvalue weighted by Gasteiger charge is -2.05. The lowest BCUT2D eigenvalue weighted by Crippen LogP contribution is -2.05. The number of halogens is 1. The van der Waals surface area contributed by atoms with Crippen LogP contribution >= 0.6 is 11.6 Å². The second-order valence-corrected chi connectivity index (χ2v) is 3.65. The largest absolute Gasteiger partial charge is 0.369 e. The van der Waals surface area contributed by atoms with Crippen molar-refractivity contribution in [3.8, 4) is 0 Å². The van der Waals surface area contributed by atoms with Gasteiger partial charge in [-0.15, -0.1) is 11.6 Å². The number of alkyl halides is 1. The minimum absolute atomic E-state index is 0.624. The van der Waals surface area contributed by atoms with E-state index in [0.29, 0.717) is 5.88 Å². The highest BCUT2D eigenvalue weighted by molar-refractivity contribution is 6.18. The summed E-state index contributed by atoms with van der Waals surface area (Å²) >= 11 is 5.58. The molecule has 0 atom stereocenters. The third-order valence-electron chi connectivity index (χ3n) is 2.33. The van der Waals surface area contributed by atoms with E-state index in [-0.39, 0.29) is 0 Å². The zero-order chi connectivity index (χ0) is 9.10. The molecule has 0 fully saturated rings. The molecule has 0 aliphatic heterocycles. The Bertz CT molecular complexity index is 299. The average molecular weight is 197 g/mol. The Balaban J connectivity index is 2.12. The number of nitrogens with zero attached hydrogens (tertiary/aromatic N) is 1. The predicted octanol–water partition coefficient (Wildman–Crippen LogP) is 2.22. The summed E-state index contributed by atoms with van der Waals surface area (Å²) in [4.78, 5) is 4.52. The summed E-state index contributed by atoms with van der Waals surface area (Å²) < 4.78 is 0. The Morgan fingerprint density at radius 3 is 3.15 bits per heavy atom. The summed E-state index contributed by atoms with van der Waals surface area (Å²) in [5.74, 6) is 1.58. The molecule has 1 aliphatic rings. The fourth-order valence-corrected chi connectivity index (χ4v) is 1.79. The number of anilines is 1. The van der Waals surface area contributed by atoms with Crippen LogP contribution in [0.25, 0.3) is 0 Å². The van der Waals surface area contributed by atoms with Gasteiger partial charge in [-0.2, -0.15) is 0 Å². The molecule has 0 saturated carbocycles. The van der Waals surface area contributed by atoms with Gasteiger partial charge in [0.25, 0.3) is 0 Å². The Morgan fingerprint density at radius 2 is 2.31 bits per heavy atom. The Morgan fingerprint density at radius 1 is 1.38 bits per heavy atom. The van der Waals surface area contributed by atoms with Gasteiger partial charge in [0.2, 0.25) is 0 Å². The maximum absolute atomic E-state index is 5.58. The Hall–Kier alpha value is -0.760. The van der Waals surface area contributed by atoms with E-state index in [1.54, 1.807) is 0 Å². The van der Waals surface area contributed by atoms with Crippen LogP contribution in [0.15, 0.2) is 12.1 Å². The number of nitrogens with one attached hydrogen (secondary N) is 1.